The Morgan fingerprint density at radius 2 is 1.62 bits per heavy atom. The smallest absolute Gasteiger partial charge is 0.258 e. The fraction of sp³-hybridized carbons (Fsp3) is 0.294. The standard InChI is InChI=1S/C17H20N2O4S/c1-13-4-8-16(9-5-13)14(2)18(3)24(22,23)12-15-6-10-17(11-7-15)19(20)21/h4-11,14H,12H2,1-3H3/t14-/m1/s1. The molecule has 0 aliphatic heterocycles. The molecule has 0 aliphatic rings. The van der Waals surface area contributed by atoms with E-state index in [0.717, 1.165) is 11.1 Å². The Morgan fingerprint density at radius 3 is 2.12 bits per heavy atom. The lowest BCUT2D eigenvalue weighted by atomic mass is 10.1. The quantitative estimate of drug-likeness (QED) is 0.592. The highest BCUT2D eigenvalue weighted by atomic mass is 32.2. The molecule has 0 saturated heterocycles. The topological polar surface area (TPSA) is 80.5 Å². The van der Waals surface area contributed by atoms with E-state index in [1.807, 2.05) is 38.1 Å². The van der Waals surface area contributed by atoms with Gasteiger partial charge < -0.3 is 0 Å². The van der Waals surface area contributed by atoms with Gasteiger partial charge in [0.1, 0.15) is 0 Å². The van der Waals surface area contributed by atoms with E-state index >= 15 is 0 Å². The molecule has 0 aromatic heterocycles. The lowest BCUT2D eigenvalue weighted by Crippen LogP contribution is -2.30. The van der Waals surface area contributed by atoms with Gasteiger partial charge in [0, 0.05) is 25.2 Å². The van der Waals surface area contributed by atoms with E-state index in [1.54, 1.807) is 7.05 Å². The minimum Gasteiger partial charge on any atom is -0.258 e. The number of nitro groups is 1. The van der Waals surface area contributed by atoms with Crippen LogP contribution in [0, 0.1) is 17.0 Å². The van der Waals surface area contributed by atoms with Crippen molar-refractivity contribution in [2.45, 2.75) is 25.6 Å². The molecule has 0 fully saturated rings. The fourth-order valence-electron chi connectivity index (χ4n) is 2.32. The molecule has 128 valence electrons. The zero-order chi connectivity index (χ0) is 17.9. The Labute approximate surface area is 141 Å². The maximum absolute atomic E-state index is 12.6. The van der Waals surface area contributed by atoms with Gasteiger partial charge in [-0.15, -0.1) is 0 Å². The van der Waals surface area contributed by atoms with Crippen LogP contribution in [0.5, 0.6) is 0 Å². The van der Waals surface area contributed by atoms with Crippen LogP contribution in [0.25, 0.3) is 0 Å². The van der Waals surface area contributed by atoms with Gasteiger partial charge in [-0.05, 0) is 25.0 Å². The molecule has 2 rings (SSSR count). The third-order valence-corrected chi connectivity index (χ3v) is 5.93. The summed E-state index contributed by atoms with van der Waals surface area (Å²) in [4.78, 5) is 10.1. The number of hydrogen-bond donors (Lipinski definition) is 0. The highest BCUT2D eigenvalue weighted by Gasteiger charge is 2.24. The van der Waals surface area contributed by atoms with E-state index in [0.29, 0.717) is 5.56 Å². The number of hydrogen-bond acceptors (Lipinski definition) is 4. The summed E-state index contributed by atoms with van der Waals surface area (Å²) in [6.07, 6.45) is 0. The molecule has 0 unspecified atom stereocenters. The monoisotopic (exact) mass is 348 g/mol. The number of rotatable bonds is 6. The van der Waals surface area contributed by atoms with Crippen molar-refractivity contribution >= 4 is 15.7 Å². The number of aryl methyl sites for hydroxylation is 1. The van der Waals surface area contributed by atoms with E-state index in [4.69, 9.17) is 0 Å². The maximum atomic E-state index is 12.6. The summed E-state index contributed by atoms with van der Waals surface area (Å²) in [6.45, 7) is 3.81. The summed E-state index contributed by atoms with van der Waals surface area (Å²) in [7, 11) is -1.99. The second-order valence-corrected chi connectivity index (χ2v) is 7.81. The van der Waals surface area contributed by atoms with Gasteiger partial charge in [-0.2, -0.15) is 4.31 Å². The predicted octanol–water partition coefficient (Wildman–Crippen LogP) is 3.43. The molecule has 2 aromatic carbocycles. The predicted molar refractivity (Wildman–Crippen MR) is 93.1 cm³/mol. The molecule has 7 heteroatoms. The third-order valence-electron chi connectivity index (χ3n) is 4.04. The number of sulfonamides is 1. The Morgan fingerprint density at radius 1 is 1.08 bits per heavy atom. The van der Waals surface area contributed by atoms with Crippen molar-refractivity contribution in [1.29, 1.82) is 0 Å². The van der Waals surface area contributed by atoms with Gasteiger partial charge in [-0.25, -0.2) is 8.42 Å². The van der Waals surface area contributed by atoms with Gasteiger partial charge >= 0.3 is 0 Å². The Kier molecular flexibility index (Phi) is 5.36. The molecule has 1 atom stereocenters. The molecule has 0 aliphatic carbocycles. The molecule has 24 heavy (non-hydrogen) atoms. The first-order valence-corrected chi connectivity index (χ1v) is 9.07. The van der Waals surface area contributed by atoms with Crippen LogP contribution >= 0.6 is 0 Å². The van der Waals surface area contributed by atoms with Crippen molar-refractivity contribution in [2.24, 2.45) is 0 Å². The van der Waals surface area contributed by atoms with Crippen LogP contribution in [0.1, 0.15) is 29.7 Å². The number of nitro benzene ring substituents is 1. The van der Waals surface area contributed by atoms with Crippen molar-refractivity contribution in [3.63, 3.8) is 0 Å². The van der Waals surface area contributed by atoms with E-state index in [2.05, 4.69) is 0 Å². The lowest BCUT2D eigenvalue weighted by molar-refractivity contribution is -0.384. The lowest BCUT2D eigenvalue weighted by Gasteiger charge is -2.25. The van der Waals surface area contributed by atoms with Crippen LogP contribution in [0.2, 0.25) is 0 Å². The van der Waals surface area contributed by atoms with Crippen molar-refractivity contribution in [2.75, 3.05) is 7.05 Å². The van der Waals surface area contributed by atoms with E-state index < -0.39 is 14.9 Å². The zero-order valence-corrected chi connectivity index (χ0v) is 14.7. The van der Waals surface area contributed by atoms with Crippen LogP contribution in [0.15, 0.2) is 48.5 Å². The number of nitrogens with zero attached hydrogens (tertiary/aromatic N) is 2. The first-order chi connectivity index (χ1) is 11.2. The van der Waals surface area contributed by atoms with Gasteiger partial charge in [0.25, 0.3) is 5.69 Å². The van der Waals surface area contributed by atoms with Gasteiger partial charge in [-0.1, -0.05) is 42.0 Å². The Bertz CT molecular complexity index is 815. The SMILES string of the molecule is Cc1ccc([C@@H](C)N(C)S(=O)(=O)Cc2ccc([N+](=O)[O-])cc2)cc1. The second kappa shape index (κ2) is 7.11. The first kappa shape index (κ1) is 18.1. The first-order valence-electron chi connectivity index (χ1n) is 7.46. The van der Waals surface area contributed by atoms with Crippen LogP contribution < -0.4 is 0 Å². The van der Waals surface area contributed by atoms with E-state index in [-0.39, 0.29) is 17.5 Å². The molecule has 0 spiro atoms. The average Bonchev–Trinajstić information content (AvgIpc) is 2.54. The molecular weight excluding hydrogens is 328 g/mol. The molecule has 0 amide bonds. The molecule has 0 heterocycles. The normalized spacial score (nSPS) is 13.0. The van der Waals surface area contributed by atoms with Gasteiger partial charge in [0.05, 0.1) is 10.7 Å². The van der Waals surface area contributed by atoms with Crippen LogP contribution in [0.4, 0.5) is 5.69 Å². The summed E-state index contributed by atoms with van der Waals surface area (Å²) in [5.74, 6) is -0.197. The summed E-state index contributed by atoms with van der Waals surface area (Å²) >= 11 is 0. The minimum atomic E-state index is -3.54. The number of non-ortho nitro benzene ring substituents is 1. The van der Waals surface area contributed by atoms with Crippen molar-refractivity contribution in [3.8, 4) is 0 Å². The highest BCUT2D eigenvalue weighted by Crippen LogP contribution is 2.24. The minimum absolute atomic E-state index is 0.0578. The maximum Gasteiger partial charge on any atom is 0.269 e. The van der Waals surface area contributed by atoms with E-state index in [1.165, 1.54) is 28.6 Å². The fourth-order valence-corrected chi connectivity index (χ4v) is 3.74. The molecule has 0 radical (unpaired) electrons. The summed E-state index contributed by atoms with van der Waals surface area (Å²) in [5, 5.41) is 10.7. The summed E-state index contributed by atoms with van der Waals surface area (Å²) in [6, 6.07) is 13.0. The molecule has 6 nitrogen and oxygen atoms in total. The van der Waals surface area contributed by atoms with Gasteiger partial charge in [-0.3, -0.25) is 10.1 Å². The molecular formula is C17H20N2O4S. The Hall–Kier alpha value is -2.25. The Balaban J connectivity index is 2.16. The number of benzene rings is 2. The van der Waals surface area contributed by atoms with Crippen molar-refractivity contribution in [1.82, 2.24) is 4.31 Å². The van der Waals surface area contributed by atoms with Crippen molar-refractivity contribution in [3.05, 3.63) is 75.3 Å². The highest BCUT2D eigenvalue weighted by molar-refractivity contribution is 7.88. The molecule has 0 N–H and O–H groups in total. The zero-order valence-electron chi connectivity index (χ0n) is 13.8. The largest absolute Gasteiger partial charge is 0.269 e. The summed E-state index contributed by atoms with van der Waals surface area (Å²) < 4.78 is 26.5. The van der Waals surface area contributed by atoms with Gasteiger partial charge in [0.15, 0.2) is 0 Å². The van der Waals surface area contributed by atoms with Crippen LogP contribution in [-0.2, 0) is 15.8 Å². The molecule has 0 bridgehead atoms. The van der Waals surface area contributed by atoms with Crippen LogP contribution in [0.3, 0.4) is 0 Å². The second-order valence-electron chi connectivity index (χ2n) is 5.78. The van der Waals surface area contributed by atoms with Crippen molar-refractivity contribution < 1.29 is 13.3 Å². The average molecular weight is 348 g/mol. The van der Waals surface area contributed by atoms with E-state index in [9.17, 15) is 18.5 Å². The molecule has 2 aromatic rings. The van der Waals surface area contributed by atoms with Crippen LogP contribution in [-0.4, -0.2) is 24.7 Å². The third kappa shape index (κ3) is 4.18. The van der Waals surface area contributed by atoms with Gasteiger partial charge in [0.2, 0.25) is 10.0 Å². The molecule has 0 saturated carbocycles. The summed E-state index contributed by atoms with van der Waals surface area (Å²) in [5.41, 5.74) is 2.48.